The molecule has 84 valence electrons. The number of halogens is 1. The molecular formula is C10H15ClN2OS. The van der Waals surface area contributed by atoms with E-state index in [2.05, 4.69) is 10.3 Å². The highest BCUT2D eigenvalue weighted by Crippen LogP contribution is 2.23. The molecule has 1 saturated carbocycles. The number of hydrogen-bond donors (Lipinski definition) is 1. The first-order valence-corrected chi connectivity index (χ1v) is 6.33. The lowest BCUT2D eigenvalue weighted by atomic mass is 10.2. The van der Waals surface area contributed by atoms with E-state index in [4.69, 9.17) is 16.3 Å². The summed E-state index contributed by atoms with van der Waals surface area (Å²) in [4.78, 5) is 4.21. The molecule has 3 nitrogen and oxygen atoms in total. The molecule has 1 aromatic rings. The van der Waals surface area contributed by atoms with Crippen molar-refractivity contribution in [2.75, 3.05) is 7.11 Å². The predicted molar refractivity (Wildman–Crippen MR) is 62.4 cm³/mol. The van der Waals surface area contributed by atoms with Crippen LogP contribution in [0.2, 0.25) is 4.34 Å². The fraction of sp³-hybridized carbons (Fsp3) is 0.700. The lowest BCUT2D eigenvalue weighted by molar-refractivity contribution is 0.107. The van der Waals surface area contributed by atoms with E-state index in [1.165, 1.54) is 17.8 Å². The Morgan fingerprint density at radius 3 is 3.13 bits per heavy atom. The molecule has 2 unspecified atom stereocenters. The molecule has 15 heavy (non-hydrogen) atoms. The predicted octanol–water partition coefficient (Wildman–Crippen LogP) is 2.45. The molecule has 1 aromatic heterocycles. The van der Waals surface area contributed by atoms with Crippen molar-refractivity contribution >= 4 is 22.9 Å². The summed E-state index contributed by atoms with van der Waals surface area (Å²) in [5.41, 5.74) is 0. The lowest BCUT2D eigenvalue weighted by Gasteiger charge is -2.11. The van der Waals surface area contributed by atoms with Gasteiger partial charge in [0.05, 0.1) is 12.3 Å². The largest absolute Gasteiger partial charge is 0.381 e. The van der Waals surface area contributed by atoms with E-state index in [0.29, 0.717) is 12.1 Å². The number of methoxy groups -OCH3 is 1. The van der Waals surface area contributed by atoms with Crippen molar-refractivity contribution in [3.05, 3.63) is 15.5 Å². The Kier molecular flexibility index (Phi) is 3.97. The van der Waals surface area contributed by atoms with E-state index < -0.39 is 0 Å². The van der Waals surface area contributed by atoms with Crippen LogP contribution in [0.5, 0.6) is 0 Å². The number of nitrogens with one attached hydrogen (secondary N) is 1. The Balaban J connectivity index is 1.75. The fourth-order valence-electron chi connectivity index (χ4n) is 1.94. The minimum atomic E-state index is 0.433. The number of ether oxygens (including phenoxy) is 1. The molecule has 1 fully saturated rings. The summed E-state index contributed by atoms with van der Waals surface area (Å²) in [6.45, 7) is 0.818. The molecule has 1 aliphatic carbocycles. The number of rotatable bonds is 4. The first-order chi connectivity index (χ1) is 7.28. The summed E-state index contributed by atoms with van der Waals surface area (Å²) >= 11 is 7.35. The second kappa shape index (κ2) is 5.25. The molecule has 5 heteroatoms. The zero-order valence-electron chi connectivity index (χ0n) is 8.70. The maximum absolute atomic E-state index is 5.81. The Bertz CT molecular complexity index is 318. The van der Waals surface area contributed by atoms with E-state index in [9.17, 15) is 0 Å². The van der Waals surface area contributed by atoms with Gasteiger partial charge in [-0.2, -0.15) is 0 Å². The zero-order chi connectivity index (χ0) is 10.7. The van der Waals surface area contributed by atoms with Gasteiger partial charge >= 0.3 is 0 Å². The van der Waals surface area contributed by atoms with Gasteiger partial charge in [0.1, 0.15) is 9.34 Å². The van der Waals surface area contributed by atoms with Gasteiger partial charge in [-0.05, 0) is 19.3 Å². The third kappa shape index (κ3) is 3.14. The Hall–Kier alpha value is -0.160. The van der Waals surface area contributed by atoms with Crippen LogP contribution in [0.4, 0.5) is 0 Å². The normalized spacial score (nSPS) is 26.0. The Labute approximate surface area is 98.8 Å². The van der Waals surface area contributed by atoms with E-state index in [1.54, 1.807) is 13.3 Å². The summed E-state index contributed by atoms with van der Waals surface area (Å²) in [7, 11) is 1.79. The van der Waals surface area contributed by atoms with Crippen LogP contribution in [0, 0.1) is 0 Å². The standard InChI is InChI=1S/C10H15ClN2OS/c1-14-8-3-2-7(4-8)12-6-10-13-5-9(11)15-10/h5,7-8,12H,2-4,6H2,1H3. The highest BCUT2D eigenvalue weighted by Gasteiger charge is 2.23. The minimum absolute atomic E-state index is 0.433. The van der Waals surface area contributed by atoms with Crippen LogP contribution in [0.3, 0.4) is 0 Å². The molecule has 0 bridgehead atoms. The summed E-state index contributed by atoms with van der Waals surface area (Å²) in [5, 5.41) is 4.54. The number of hydrogen-bond acceptors (Lipinski definition) is 4. The lowest BCUT2D eigenvalue weighted by Crippen LogP contribution is -2.26. The van der Waals surface area contributed by atoms with Gasteiger partial charge in [0.25, 0.3) is 0 Å². The van der Waals surface area contributed by atoms with Gasteiger partial charge in [-0.15, -0.1) is 11.3 Å². The number of nitrogens with zero attached hydrogens (tertiary/aromatic N) is 1. The second-order valence-electron chi connectivity index (χ2n) is 3.81. The number of thiazole rings is 1. The third-order valence-corrected chi connectivity index (χ3v) is 3.90. The molecule has 0 saturated heterocycles. The summed E-state index contributed by atoms with van der Waals surface area (Å²) in [5.74, 6) is 0. The van der Waals surface area contributed by atoms with E-state index >= 15 is 0 Å². The van der Waals surface area contributed by atoms with Crippen molar-refractivity contribution in [1.29, 1.82) is 0 Å². The van der Waals surface area contributed by atoms with Gasteiger partial charge in [0.15, 0.2) is 0 Å². The smallest absolute Gasteiger partial charge is 0.113 e. The van der Waals surface area contributed by atoms with Gasteiger partial charge in [0.2, 0.25) is 0 Å². The highest BCUT2D eigenvalue weighted by atomic mass is 35.5. The molecule has 2 rings (SSSR count). The molecule has 1 aliphatic rings. The average Bonchev–Trinajstić information content (AvgIpc) is 2.83. The van der Waals surface area contributed by atoms with Gasteiger partial charge < -0.3 is 10.1 Å². The van der Waals surface area contributed by atoms with Crippen LogP contribution in [0.25, 0.3) is 0 Å². The van der Waals surface area contributed by atoms with Crippen molar-refractivity contribution in [3.63, 3.8) is 0 Å². The molecule has 0 aliphatic heterocycles. The first-order valence-electron chi connectivity index (χ1n) is 5.14. The summed E-state index contributed by atoms with van der Waals surface area (Å²) in [6, 6.07) is 0.567. The Morgan fingerprint density at radius 2 is 2.53 bits per heavy atom. The molecule has 1 heterocycles. The quantitative estimate of drug-likeness (QED) is 0.886. The van der Waals surface area contributed by atoms with Gasteiger partial charge in [0, 0.05) is 19.7 Å². The average molecular weight is 247 g/mol. The molecule has 0 amide bonds. The molecule has 1 N–H and O–H groups in total. The van der Waals surface area contributed by atoms with Crippen LogP contribution < -0.4 is 5.32 Å². The van der Waals surface area contributed by atoms with Crippen molar-refractivity contribution < 1.29 is 4.74 Å². The van der Waals surface area contributed by atoms with Crippen molar-refractivity contribution in [3.8, 4) is 0 Å². The van der Waals surface area contributed by atoms with Crippen LogP contribution in [0.1, 0.15) is 24.3 Å². The maximum Gasteiger partial charge on any atom is 0.113 e. The number of aromatic nitrogens is 1. The molecular weight excluding hydrogens is 232 g/mol. The van der Waals surface area contributed by atoms with Crippen LogP contribution >= 0.6 is 22.9 Å². The van der Waals surface area contributed by atoms with Crippen molar-refractivity contribution in [2.24, 2.45) is 0 Å². The van der Waals surface area contributed by atoms with Crippen molar-refractivity contribution in [2.45, 2.75) is 38.0 Å². The molecule has 2 atom stereocenters. The van der Waals surface area contributed by atoms with E-state index in [-0.39, 0.29) is 0 Å². The van der Waals surface area contributed by atoms with E-state index in [1.807, 2.05) is 0 Å². The van der Waals surface area contributed by atoms with Crippen LogP contribution in [-0.2, 0) is 11.3 Å². The van der Waals surface area contributed by atoms with Crippen molar-refractivity contribution in [1.82, 2.24) is 10.3 Å². The SMILES string of the molecule is COC1CCC(NCc2ncc(Cl)s2)C1. The summed E-state index contributed by atoms with van der Waals surface area (Å²) in [6.07, 6.45) is 5.60. The highest BCUT2D eigenvalue weighted by molar-refractivity contribution is 7.15. The topological polar surface area (TPSA) is 34.1 Å². The second-order valence-corrected chi connectivity index (χ2v) is 5.55. The van der Waals surface area contributed by atoms with Gasteiger partial charge in [-0.3, -0.25) is 0 Å². The maximum atomic E-state index is 5.81. The fourth-order valence-corrected chi connectivity index (χ4v) is 2.85. The molecule has 0 aromatic carbocycles. The molecule has 0 radical (unpaired) electrons. The Morgan fingerprint density at radius 1 is 1.67 bits per heavy atom. The zero-order valence-corrected chi connectivity index (χ0v) is 10.3. The van der Waals surface area contributed by atoms with Crippen LogP contribution in [-0.4, -0.2) is 24.2 Å². The van der Waals surface area contributed by atoms with E-state index in [0.717, 1.165) is 28.7 Å². The minimum Gasteiger partial charge on any atom is -0.381 e. The van der Waals surface area contributed by atoms with Gasteiger partial charge in [-0.1, -0.05) is 11.6 Å². The summed E-state index contributed by atoms with van der Waals surface area (Å²) < 4.78 is 6.08. The van der Waals surface area contributed by atoms with Gasteiger partial charge in [-0.25, -0.2) is 4.98 Å². The monoisotopic (exact) mass is 246 g/mol. The van der Waals surface area contributed by atoms with Crippen LogP contribution in [0.15, 0.2) is 6.20 Å². The first kappa shape index (κ1) is 11.3. The molecule has 0 spiro atoms. The third-order valence-electron chi connectivity index (χ3n) is 2.79.